The van der Waals surface area contributed by atoms with Crippen molar-refractivity contribution in [2.45, 2.75) is 89.4 Å². The van der Waals surface area contributed by atoms with Gasteiger partial charge in [-0.25, -0.2) is 0 Å². The van der Waals surface area contributed by atoms with E-state index in [1.165, 1.54) is 18.7 Å². The van der Waals surface area contributed by atoms with Gasteiger partial charge in [0.1, 0.15) is 11.4 Å². The number of nitrogens with one attached hydrogen (secondary N) is 1. The number of rotatable bonds is 9. The topological polar surface area (TPSA) is 104 Å². The fraction of sp³-hybridized carbons (Fsp3) is 0.583. The van der Waals surface area contributed by atoms with E-state index in [-0.39, 0.29) is 56.2 Å². The van der Waals surface area contributed by atoms with E-state index in [1.54, 1.807) is 18.2 Å². The van der Waals surface area contributed by atoms with Gasteiger partial charge in [0.05, 0.1) is 6.04 Å². The molecule has 2 N–H and O–H groups in total. The van der Waals surface area contributed by atoms with Crippen molar-refractivity contribution < 1.29 is 33.1 Å². The quantitative estimate of drug-likeness (QED) is 0.585. The maximum absolute atomic E-state index is 14.6. The monoisotopic (exact) mass is 464 g/mol. The van der Waals surface area contributed by atoms with Crippen molar-refractivity contribution in [1.29, 1.82) is 0 Å². The Balaban J connectivity index is 1.68. The summed E-state index contributed by atoms with van der Waals surface area (Å²) < 4.78 is 29.3. The van der Waals surface area contributed by atoms with Gasteiger partial charge in [0.25, 0.3) is 11.8 Å². The zero-order valence-electron chi connectivity index (χ0n) is 19.0. The van der Waals surface area contributed by atoms with Crippen LogP contribution in [0, 0.1) is 0 Å². The van der Waals surface area contributed by atoms with Gasteiger partial charge in [-0.2, -0.15) is 8.78 Å². The summed E-state index contributed by atoms with van der Waals surface area (Å²) in [5.41, 5.74) is -0.785. The average molecular weight is 465 g/mol. The molecule has 3 rings (SSSR count). The van der Waals surface area contributed by atoms with Crippen molar-refractivity contribution >= 4 is 23.4 Å². The smallest absolute Gasteiger partial charge is 0.352 e. The first-order valence-electron chi connectivity index (χ1n) is 11.3. The number of Topliss-reactive ketones (excluding diaryl/α,β-unsaturated/α-hetero) is 2. The maximum atomic E-state index is 14.6. The lowest BCUT2D eigenvalue weighted by Gasteiger charge is -2.37. The van der Waals surface area contributed by atoms with Crippen molar-refractivity contribution in [2.24, 2.45) is 0 Å². The summed E-state index contributed by atoms with van der Waals surface area (Å²) in [6, 6.07) is 4.04. The van der Waals surface area contributed by atoms with Crippen LogP contribution < -0.4 is 5.32 Å². The van der Waals surface area contributed by atoms with Crippen LogP contribution in [-0.4, -0.2) is 51.0 Å². The number of carbonyl (C=O) groups is 4. The van der Waals surface area contributed by atoms with Crippen LogP contribution in [0.3, 0.4) is 0 Å². The largest absolute Gasteiger partial charge is 0.383 e. The van der Waals surface area contributed by atoms with E-state index in [1.807, 2.05) is 0 Å². The van der Waals surface area contributed by atoms with E-state index < -0.39 is 23.5 Å². The van der Waals surface area contributed by atoms with Crippen molar-refractivity contribution in [3.8, 4) is 0 Å². The summed E-state index contributed by atoms with van der Waals surface area (Å²) in [7, 11) is 0. The number of hydrogen-bond donors (Lipinski definition) is 2. The molecule has 1 fully saturated rings. The Labute approximate surface area is 191 Å². The molecule has 7 nitrogen and oxygen atoms in total. The van der Waals surface area contributed by atoms with Crippen LogP contribution >= 0.6 is 0 Å². The minimum absolute atomic E-state index is 0.0712. The number of fused-ring (bicyclic) bond motifs is 1. The Morgan fingerprint density at radius 2 is 1.85 bits per heavy atom. The first-order chi connectivity index (χ1) is 15.5. The highest BCUT2D eigenvalue weighted by molar-refractivity contribution is 6.01. The third-order valence-corrected chi connectivity index (χ3v) is 6.62. The van der Waals surface area contributed by atoms with Gasteiger partial charge in [-0.05, 0) is 50.3 Å². The van der Waals surface area contributed by atoms with Crippen LogP contribution in [0.25, 0.3) is 0 Å². The SMILES string of the molecule is CC(=O)CCC(C(C)=O)N1Cc2cc(CNC(=O)C(F)(F)C3(O)CCCCC3)ccc2C1=O. The van der Waals surface area contributed by atoms with Crippen LogP contribution in [0.4, 0.5) is 8.78 Å². The number of alkyl halides is 2. The number of carbonyl (C=O) groups excluding carboxylic acids is 4. The van der Waals surface area contributed by atoms with Gasteiger partial charge >= 0.3 is 5.92 Å². The van der Waals surface area contributed by atoms with Crippen molar-refractivity contribution in [1.82, 2.24) is 10.2 Å². The first-order valence-corrected chi connectivity index (χ1v) is 11.3. The highest BCUT2D eigenvalue weighted by Gasteiger charge is 2.58. The van der Waals surface area contributed by atoms with Gasteiger partial charge in [0, 0.05) is 25.1 Å². The molecule has 1 saturated carbocycles. The molecule has 33 heavy (non-hydrogen) atoms. The number of halogens is 2. The third kappa shape index (κ3) is 5.13. The predicted molar refractivity (Wildman–Crippen MR) is 116 cm³/mol. The Morgan fingerprint density at radius 3 is 2.45 bits per heavy atom. The number of nitrogens with zero attached hydrogens (tertiary/aromatic N) is 1. The lowest BCUT2D eigenvalue weighted by atomic mass is 9.79. The summed E-state index contributed by atoms with van der Waals surface area (Å²) in [6.45, 7) is 2.78. The molecule has 180 valence electrons. The third-order valence-electron chi connectivity index (χ3n) is 6.62. The van der Waals surface area contributed by atoms with E-state index in [0.29, 0.717) is 29.5 Å². The molecule has 1 aliphatic heterocycles. The van der Waals surface area contributed by atoms with E-state index in [2.05, 4.69) is 5.32 Å². The zero-order valence-corrected chi connectivity index (χ0v) is 19.0. The normalized spacial score (nSPS) is 18.6. The average Bonchev–Trinajstić information content (AvgIpc) is 3.07. The van der Waals surface area contributed by atoms with Crippen molar-refractivity contribution in [2.75, 3.05) is 0 Å². The highest BCUT2D eigenvalue weighted by atomic mass is 19.3. The Morgan fingerprint density at radius 1 is 1.18 bits per heavy atom. The summed E-state index contributed by atoms with van der Waals surface area (Å²) in [5, 5.41) is 12.5. The van der Waals surface area contributed by atoms with E-state index in [9.17, 15) is 33.1 Å². The number of amides is 2. The Hall–Kier alpha value is -2.68. The molecular formula is C24H30F2N2O5. The maximum Gasteiger partial charge on any atom is 0.352 e. The molecule has 0 saturated heterocycles. The molecule has 2 aliphatic rings. The van der Waals surface area contributed by atoms with Crippen LogP contribution in [0.5, 0.6) is 0 Å². The van der Waals surface area contributed by atoms with Crippen LogP contribution in [0.15, 0.2) is 18.2 Å². The lowest BCUT2D eigenvalue weighted by Crippen LogP contribution is -2.57. The predicted octanol–water partition coefficient (Wildman–Crippen LogP) is 2.92. The van der Waals surface area contributed by atoms with Crippen molar-refractivity contribution in [3.05, 3.63) is 34.9 Å². The zero-order chi connectivity index (χ0) is 24.4. The van der Waals surface area contributed by atoms with E-state index in [4.69, 9.17) is 0 Å². The molecule has 1 unspecified atom stereocenters. The molecule has 1 heterocycles. The van der Waals surface area contributed by atoms with Crippen LogP contribution in [0.1, 0.15) is 80.3 Å². The van der Waals surface area contributed by atoms with Gasteiger partial charge in [-0.1, -0.05) is 31.4 Å². The summed E-state index contributed by atoms with van der Waals surface area (Å²) in [6.07, 6.45) is 1.83. The van der Waals surface area contributed by atoms with E-state index >= 15 is 0 Å². The molecule has 2 amide bonds. The number of hydrogen-bond acceptors (Lipinski definition) is 5. The van der Waals surface area contributed by atoms with Gasteiger partial charge in [-0.15, -0.1) is 0 Å². The second kappa shape index (κ2) is 9.67. The standard InChI is InChI=1S/C24H30F2N2O5/c1-15(29)6-9-20(16(2)30)28-14-18-12-17(7-8-19(18)21(28)31)13-27-22(32)24(25,26)23(33)10-4-3-5-11-23/h7-8,12,20,33H,3-6,9-11,13-14H2,1-2H3,(H,27,32). The van der Waals surface area contributed by atoms with Crippen molar-refractivity contribution in [3.63, 3.8) is 0 Å². The minimum atomic E-state index is -3.90. The molecule has 1 aliphatic carbocycles. The second-order valence-electron chi connectivity index (χ2n) is 9.14. The molecule has 1 aromatic rings. The van der Waals surface area contributed by atoms with Gasteiger partial charge in [0.2, 0.25) is 0 Å². The molecule has 0 spiro atoms. The summed E-state index contributed by atoms with van der Waals surface area (Å²) >= 11 is 0. The molecule has 1 aromatic carbocycles. The van der Waals surface area contributed by atoms with Crippen LogP contribution in [-0.2, 0) is 27.5 Å². The van der Waals surface area contributed by atoms with Crippen LogP contribution in [0.2, 0.25) is 0 Å². The fourth-order valence-corrected chi connectivity index (χ4v) is 4.63. The molecule has 1 atom stereocenters. The van der Waals surface area contributed by atoms with Gasteiger partial charge < -0.3 is 20.1 Å². The fourth-order valence-electron chi connectivity index (χ4n) is 4.63. The minimum Gasteiger partial charge on any atom is -0.383 e. The lowest BCUT2D eigenvalue weighted by molar-refractivity contribution is -0.201. The van der Waals surface area contributed by atoms with Gasteiger partial charge in [-0.3, -0.25) is 14.4 Å². The first kappa shape index (κ1) is 25.0. The summed E-state index contributed by atoms with van der Waals surface area (Å²) in [4.78, 5) is 49.9. The Kier molecular flexibility index (Phi) is 7.31. The Bertz CT molecular complexity index is 956. The second-order valence-corrected chi connectivity index (χ2v) is 9.14. The molecule has 0 aromatic heterocycles. The molecular weight excluding hydrogens is 434 g/mol. The van der Waals surface area contributed by atoms with E-state index in [0.717, 1.165) is 6.42 Å². The number of benzene rings is 1. The van der Waals surface area contributed by atoms with Gasteiger partial charge in [0.15, 0.2) is 5.78 Å². The molecule has 0 radical (unpaired) electrons. The number of aliphatic hydroxyl groups is 1. The summed E-state index contributed by atoms with van der Waals surface area (Å²) in [5.74, 6) is -6.03. The number of ketones is 2. The highest BCUT2D eigenvalue weighted by Crippen LogP contribution is 2.40. The molecule has 9 heteroatoms. The molecule has 0 bridgehead atoms.